The van der Waals surface area contributed by atoms with Gasteiger partial charge in [0.25, 0.3) is 5.91 Å². The standard InChI is InChI=1S/C16H26N4O/c1-11(2)18-9-13-5-4-8-20(10-13)16-14(15(17)21)7-6-12(3)19-16/h6-7,11,13,18H,4-5,8-10H2,1-3H3,(H2,17,21). The first-order valence-electron chi connectivity index (χ1n) is 7.73. The van der Waals surface area contributed by atoms with Crippen molar-refractivity contribution in [3.63, 3.8) is 0 Å². The van der Waals surface area contributed by atoms with Crippen LogP contribution in [0.3, 0.4) is 0 Å². The Morgan fingerprint density at radius 3 is 2.95 bits per heavy atom. The number of aryl methyl sites for hydroxylation is 1. The number of hydrogen-bond acceptors (Lipinski definition) is 4. The Bertz CT molecular complexity index is 501. The van der Waals surface area contributed by atoms with Crippen LogP contribution < -0.4 is 16.0 Å². The molecular formula is C16H26N4O. The molecule has 0 aliphatic carbocycles. The van der Waals surface area contributed by atoms with Crippen LogP contribution in [0.5, 0.6) is 0 Å². The molecule has 0 bridgehead atoms. The van der Waals surface area contributed by atoms with Crippen molar-refractivity contribution in [2.75, 3.05) is 24.5 Å². The summed E-state index contributed by atoms with van der Waals surface area (Å²) >= 11 is 0. The molecule has 1 atom stereocenters. The molecule has 2 rings (SSSR count). The van der Waals surface area contributed by atoms with Crippen LogP contribution in [0, 0.1) is 12.8 Å². The number of carbonyl (C=O) groups excluding carboxylic acids is 1. The van der Waals surface area contributed by atoms with Crippen LogP contribution >= 0.6 is 0 Å². The SMILES string of the molecule is Cc1ccc(C(N)=O)c(N2CCCC(CNC(C)C)C2)n1. The smallest absolute Gasteiger partial charge is 0.252 e. The van der Waals surface area contributed by atoms with Crippen molar-refractivity contribution in [3.8, 4) is 0 Å². The molecule has 1 aromatic rings. The van der Waals surface area contributed by atoms with E-state index in [0.717, 1.165) is 37.6 Å². The van der Waals surface area contributed by atoms with E-state index in [4.69, 9.17) is 5.73 Å². The van der Waals surface area contributed by atoms with Gasteiger partial charge in [-0.1, -0.05) is 13.8 Å². The normalized spacial score (nSPS) is 19.0. The number of aromatic nitrogens is 1. The van der Waals surface area contributed by atoms with E-state index in [1.165, 1.54) is 6.42 Å². The molecule has 5 nitrogen and oxygen atoms in total. The molecule has 5 heteroatoms. The summed E-state index contributed by atoms with van der Waals surface area (Å²) in [6.07, 6.45) is 2.34. The van der Waals surface area contributed by atoms with Gasteiger partial charge in [-0.05, 0) is 44.4 Å². The largest absolute Gasteiger partial charge is 0.365 e. The van der Waals surface area contributed by atoms with E-state index in [1.807, 2.05) is 13.0 Å². The minimum atomic E-state index is -0.403. The first-order valence-corrected chi connectivity index (χ1v) is 7.73. The van der Waals surface area contributed by atoms with Gasteiger partial charge < -0.3 is 16.0 Å². The fourth-order valence-electron chi connectivity index (χ4n) is 2.80. The number of rotatable bonds is 5. The summed E-state index contributed by atoms with van der Waals surface area (Å²) < 4.78 is 0. The van der Waals surface area contributed by atoms with Gasteiger partial charge >= 0.3 is 0 Å². The van der Waals surface area contributed by atoms with Crippen molar-refractivity contribution < 1.29 is 4.79 Å². The average Bonchev–Trinajstić information content (AvgIpc) is 2.45. The summed E-state index contributed by atoms with van der Waals surface area (Å²) in [4.78, 5) is 18.4. The molecule has 0 spiro atoms. The highest BCUT2D eigenvalue weighted by atomic mass is 16.1. The van der Waals surface area contributed by atoms with Crippen LogP contribution in [0.4, 0.5) is 5.82 Å². The van der Waals surface area contributed by atoms with Crippen LogP contribution in [0.15, 0.2) is 12.1 Å². The number of piperidine rings is 1. The third kappa shape index (κ3) is 4.17. The Labute approximate surface area is 126 Å². The van der Waals surface area contributed by atoms with E-state index >= 15 is 0 Å². The van der Waals surface area contributed by atoms with Crippen molar-refractivity contribution in [3.05, 3.63) is 23.4 Å². The van der Waals surface area contributed by atoms with Gasteiger partial charge in [0.05, 0.1) is 5.56 Å². The lowest BCUT2D eigenvalue weighted by molar-refractivity contribution is 0.100. The zero-order valence-corrected chi connectivity index (χ0v) is 13.2. The van der Waals surface area contributed by atoms with Gasteiger partial charge in [-0.2, -0.15) is 0 Å². The van der Waals surface area contributed by atoms with Gasteiger partial charge in [-0.15, -0.1) is 0 Å². The molecule has 1 unspecified atom stereocenters. The Kier molecular flexibility index (Phi) is 5.17. The Morgan fingerprint density at radius 2 is 2.29 bits per heavy atom. The Morgan fingerprint density at radius 1 is 1.52 bits per heavy atom. The highest BCUT2D eigenvalue weighted by molar-refractivity contribution is 5.97. The fraction of sp³-hybridized carbons (Fsp3) is 0.625. The van der Waals surface area contributed by atoms with E-state index in [2.05, 4.69) is 29.0 Å². The zero-order chi connectivity index (χ0) is 15.4. The maximum Gasteiger partial charge on any atom is 0.252 e. The summed E-state index contributed by atoms with van der Waals surface area (Å²) in [6.45, 7) is 9.13. The highest BCUT2D eigenvalue weighted by Crippen LogP contribution is 2.24. The van der Waals surface area contributed by atoms with E-state index in [-0.39, 0.29) is 0 Å². The zero-order valence-electron chi connectivity index (χ0n) is 13.2. The molecule has 1 amide bonds. The van der Waals surface area contributed by atoms with Gasteiger partial charge in [-0.25, -0.2) is 4.98 Å². The van der Waals surface area contributed by atoms with Gasteiger partial charge in [-0.3, -0.25) is 4.79 Å². The number of pyridine rings is 1. The monoisotopic (exact) mass is 290 g/mol. The van der Waals surface area contributed by atoms with Crippen molar-refractivity contribution in [1.82, 2.24) is 10.3 Å². The quantitative estimate of drug-likeness (QED) is 0.866. The summed E-state index contributed by atoms with van der Waals surface area (Å²) in [5.41, 5.74) is 6.93. The average molecular weight is 290 g/mol. The van der Waals surface area contributed by atoms with Crippen molar-refractivity contribution in [1.29, 1.82) is 0 Å². The fourth-order valence-corrected chi connectivity index (χ4v) is 2.80. The highest BCUT2D eigenvalue weighted by Gasteiger charge is 2.24. The number of nitrogens with two attached hydrogens (primary N) is 1. The van der Waals surface area contributed by atoms with Crippen LogP contribution in [-0.4, -0.2) is 36.6 Å². The number of primary amides is 1. The molecule has 1 aromatic heterocycles. The molecule has 1 aliphatic heterocycles. The lowest BCUT2D eigenvalue weighted by atomic mass is 9.97. The van der Waals surface area contributed by atoms with Crippen molar-refractivity contribution >= 4 is 11.7 Å². The molecule has 0 aromatic carbocycles. The van der Waals surface area contributed by atoms with Gasteiger partial charge in [0.15, 0.2) is 0 Å². The number of amides is 1. The molecule has 116 valence electrons. The molecule has 1 fully saturated rings. The Balaban J connectivity index is 2.13. The second-order valence-corrected chi connectivity index (χ2v) is 6.21. The van der Waals surface area contributed by atoms with Crippen LogP contribution in [-0.2, 0) is 0 Å². The van der Waals surface area contributed by atoms with E-state index in [0.29, 0.717) is 17.5 Å². The Hall–Kier alpha value is -1.62. The van der Waals surface area contributed by atoms with Crippen molar-refractivity contribution in [2.24, 2.45) is 11.7 Å². The van der Waals surface area contributed by atoms with E-state index in [1.54, 1.807) is 6.07 Å². The predicted molar refractivity (Wildman–Crippen MR) is 85.6 cm³/mol. The second kappa shape index (κ2) is 6.89. The van der Waals surface area contributed by atoms with E-state index < -0.39 is 5.91 Å². The maximum atomic E-state index is 11.6. The number of nitrogens with one attached hydrogen (secondary N) is 1. The van der Waals surface area contributed by atoms with Gasteiger partial charge in [0, 0.05) is 24.8 Å². The molecular weight excluding hydrogens is 264 g/mol. The number of anilines is 1. The second-order valence-electron chi connectivity index (χ2n) is 6.21. The van der Waals surface area contributed by atoms with Crippen LogP contribution in [0.1, 0.15) is 42.7 Å². The topological polar surface area (TPSA) is 71.2 Å². The first-order chi connectivity index (χ1) is 9.97. The van der Waals surface area contributed by atoms with Gasteiger partial charge in [0.2, 0.25) is 0 Å². The lowest BCUT2D eigenvalue weighted by Gasteiger charge is -2.35. The summed E-state index contributed by atoms with van der Waals surface area (Å²) in [5.74, 6) is 0.931. The molecule has 1 saturated heterocycles. The number of carbonyl (C=O) groups is 1. The molecule has 3 N–H and O–H groups in total. The minimum Gasteiger partial charge on any atom is -0.365 e. The molecule has 1 aliphatic rings. The maximum absolute atomic E-state index is 11.6. The number of nitrogens with zero attached hydrogens (tertiary/aromatic N) is 2. The lowest BCUT2D eigenvalue weighted by Crippen LogP contribution is -2.42. The van der Waals surface area contributed by atoms with Gasteiger partial charge in [0.1, 0.15) is 5.82 Å². The molecule has 0 radical (unpaired) electrons. The van der Waals surface area contributed by atoms with Crippen LogP contribution in [0.2, 0.25) is 0 Å². The first kappa shape index (κ1) is 15.8. The molecule has 2 heterocycles. The van der Waals surface area contributed by atoms with E-state index in [9.17, 15) is 4.79 Å². The van der Waals surface area contributed by atoms with Crippen LogP contribution in [0.25, 0.3) is 0 Å². The summed E-state index contributed by atoms with van der Waals surface area (Å²) in [6, 6.07) is 4.13. The molecule has 0 saturated carbocycles. The minimum absolute atomic E-state index is 0.403. The third-order valence-corrected chi connectivity index (χ3v) is 3.91. The number of hydrogen-bond donors (Lipinski definition) is 2. The summed E-state index contributed by atoms with van der Waals surface area (Å²) in [5, 5.41) is 3.50. The summed E-state index contributed by atoms with van der Waals surface area (Å²) in [7, 11) is 0. The predicted octanol–water partition coefficient (Wildman–Crippen LogP) is 1.70. The molecule has 21 heavy (non-hydrogen) atoms. The third-order valence-electron chi connectivity index (χ3n) is 3.91. The van der Waals surface area contributed by atoms with Crippen molar-refractivity contribution in [2.45, 2.75) is 39.7 Å².